The Labute approximate surface area is 153 Å². The van der Waals surface area contributed by atoms with Gasteiger partial charge in [-0.1, -0.05) is 6.07 Å². The number of ketones is 1. The topological polar surface area (TPSA) is 54.0 Å². The Balaban J connectivity index is 2.15. The molecule has 2 aromatic rings. The van der Waals surface area contributed by atoms with E-state index in [1.807, 2.05) is 30.3 Å². The van der Waals surface area contributed by atoms with E-state index in [1.54, 1.807) is 34.5 Å². The average Bonchev–Trinajstić information content (AvgIpc) is 2.68. The Morgan fingerprint density at radius 3 is 2.27 bits per heavy atom. The third-order valence-corrected chi connectivity index (χ3v) is 4.56. The van der Waals surface area contributed by atoms with Crippen LogP contribution in [0.25, 0.3) is 11.6 Å². The Bertz CT molecular complexity index is 867. The quantitative estimate of drug-likeness (QED) is 0.765. The SMILES string of the molecule is COc1ccc2c(c1)CCC(=O)/C2=C/c1ccc(OC)c(OC)c1OC. The van der Waals surface area contributed by atoms with E-state index in [2.05, 4.69) is 0 Å². The maximum absolute atomic E-state index is 12.6. The molecule has 5 nitrogen and oxygen atoms in total. The molecule has 0 atom stereocenters. The molecule has 1 aliphatic carbocycles. The van der Waals surface area contributed by atoms with Crippen LogP contribution in [0.2, 0.25) is 0 Å². The molecule has 0 N–H and O–H groups in total. The van der Waals surface area contributed by atoms with Gasteiger partial charge in [0, 0.05) is 17.6 Å². The first-order valence-electron chi connectivity index (χ1n) is 8.34. The number of ether oxygens (including phenoxy) is 4. The highest BCUT2D eigenvalue weighted by Gasteiger charge is 2.23. The molecule has 0 aliphatic heterocycles. The second kappa shape index (κ2) is 7.52. The summed E-state index contributed by atoms with van der Waals surface area (Å²) in [4.78, 5) is 12.6. The summed E-state index contributed by atoms with van der Waals surface area (Å²) in [6.07, 6.45) is 3.04. The normalized spacial score (nSPS) is 14.8. The van der Waals surface area contributed by atoms with E-state index in [0.29, 0.717) is 35.7 Å². The average molecular weight is 354 g/mol. The van der Waals surface area contributed by atoms with Crippen LogP contribution in [0, 0.1) is 0 Å². The van der Waals surface area contributed by atoms with Gasteiger partial charge in [-0.15, -0.1) is 0 Å². The van der Waals surface area contributed by atoms with Gasteiger partial charge in [0.25, 0.3) is 0 Å². The van der Waals surface area contributed by atoms with Crippen LogP contribution >= 0.6 is 0 Å². The van der Waals surface area contributed by atoms with Crippen molar-refractivity contribution < 1.29 is 23.7 Å². The number of hydrogen-bond acceptors (Lipinski definition) is 5. The van der Waals surface area contributed by atoms with E-state index in [0.717, 1.165) is 22.4 Å². The molecule has 5 heteroatoms. The van der Waals surface area contributed by atoms with Crippen molar-refractivity contribution in [1.82, 2.24) is 0 Å². The standard InChI is InChI=1S/C21H22O5/c1-23-15-7-8-16-13(11-15)5-9-18(22)17(16)12-14-6-10-19(24-2)21(26-4)20(14)25-3/h6-8,10-12H,5,9H2,1-4H3/b17-12+. The van der Waals surface area contributed by atoms with Gasteiger partial charge in [0.2, 0.25) is 5.75 Å². The molecule has 0 fully saturated rings. The number of hydrogen-bond donors (Lipinski definition) is 0. The van der Waals surface area contributed by atoms with Crippen LogP contribution in [0.15, 0.2) is 30.3 Å². The zero-order chi connectivity index (χ0) is 18.7. The van der Waals surface area contributed by atoms with Crippen LogP contribution in [0.1, 0.15) is 23.1 Å². The van der Waals surface area contributed by atoms with Gasteiger partial charge in [-0.05, 0) is 47.9 Å². The lowest BCUT2D eigenvalue weighted by Crippen LogP contribution is -2.12. The molecule has 26 heavy (non-hydrogen) atoms. The molecular weight excluding hydrogens is 332 g/mol. The first-order chi connectivity index (χ1) is 12.6. The highest BCUT2D eigenvalue weighted by Crippen LogP contribution is 2.42. The maximum atomic E-state index is 12.6. The lowest BCUT2D eigenvalue weighted by atomic mass is 9.85. The molecule has 0 radical (unpaired) electrons. The van der Waals surface area contributed by atoms with E-state index >= 15 is 0 Å². The van der Waals surface area contributed by atoms with Crippen LogP contribution < -0.4 is 18.9 Å². The fraction of sp³-hybridized carbons (Fsp3) is 0.286. The minimum Gasteiger partial charge on any atom is -0.497 e. The van der Waals surface area contributed by atoms with Crippen molar-refractivity contribution in [2.45, 2.75) is 12.8 Å². The van der Waals surface area contributed by atoms with Crippen LogP contribution in [-0.4, -0.2) is 34.2 Å². The number of fused-ring (bicyclic) bond motifs is 1. The van der Waals surface area contributed by atoms with Crippen molar-refractivity contribution in [2.75, 3.05) is 28.4 Å². The third-order valence-electron chi connectivity index (χ3n) is 4.56. The predicted molar refractivity (Wildman–Crippen MR) is 100 cm³/mol. The molecule has 2 aromatic carbocycles. The number of carbonyl (C=O) groups excluding carboxylic acids is 1. The minimum absolute atomic E-state index is 0.111. The number of methoxy groups -OCH3 is 4. The summed E-state index contributed by atoms with van der Waals surface area (Å²) in [5, 5.41) is 0. The van der Waals surface area contributed by atoms with Crippen LogP contribution in [-0.2, 0) is 11.2 Å². The first kappa shape index (κ1) is 17.9. The molecule has 136 valence electrons. The summed E-state index contributed by atoms with van der Waals surface area (Å²) < 4.78 is 21.6. The van der Waals surface area contributed by atoms with Crippen molar-refractivity contribution in [3.8, 4) is 23.0 Å². The Morgan fingerprint density at radius 2 is 1.62 bits per heavy atom. The monoisotopic (exact) mass is 354 g/mol. The van der Waals surface area contributed by atoms with Gasteiger partial charge in [-0.2, -0.15) is 0 Å². The highest BCUT2D eigenvalue weighted by atomic mass is 16.5. The Kier molecular flexibility index (Phi) is 5.16. The summed E-state index contributed by atoms with van der Waals surface area (Å²) in [6.45, 7) is 0. The molecule has 0 amide bonds. The lowest BCUT2D eigenvalue weighted by molar-refractivity contribution is -0.113. The fourth-order valence-corrected chi connectivity index (χ4v) is 3.25. The molecule has 0 saturated carbocycles. The summed E-state index contributed by atoms with van der Waals surface area (Å²) in [5.41, 5.74) is 3.46. The van der Waals surface area contributed by atoms with Gasteiger partial charge in [-0.25, -0.2) is 0 Å². The molecule has 0 unspecified atom stereocenters. The second-order valence-electron chi connectivity index (χ2n) is 5.93. The van der Waals surface area contributed by atoms with Crippen molar-refractivity contribution in [2.24, 2.45) is 0 Å². The maximum Gasteiger partial charge on any atom is 0.203 e. The fourth-order valence-electron chi connectivity index (χ4n) is 3.25. The number of allylic oxidation sites excluding steroid dienone is 1. The number of rotatable bonds is 5. The van der Waals surface area contributed by atoms with E-state index in [4.69, 9.17) is 18.9 Å². The van der Waals surface area contributed by atoms with E-state index in [9.17, 15) is 4.79 Å². The highest BCUT2D eigenvalue weighted by molar-refractivity contribution is 6.26. The zero-order valence-corrected chi connectivity index (χ0v) is 15.4. The molecule has 0 saturated heterocycles. The van der Waals surface area contributed by atoms with Crippen molar-refractivity contribution >= 4 is 17.4 Å². The lowest BCUT2D eigenvalue weighted by Gasteiger charge is -2.20. The van der Waals surface area contributed by atoms with E-state index in [1.165, 1.54) is 0 Å². The molecule has 3 rings (SSSR count). The Morgan fingerprint density at radius 1 is 0.846 bits per heavy atom. The van der Waals surface area contributed by atoms with Crippen molar-refractivity contribution in [1.29, 1.82) is 0 Å². The number of aryl methyl sites for hydroxylation is 1. The molecule has 0 spiro atoms. The third kappa shape index (κ3) is 3.12. The first-order valence-corrected chi connectivity index (χ1v) is 8.34. The number of Topliss-reactive ketones (excluding diaryl/α,β-unsaturated/α-hetero) is 1. The van der Waals surface area contributed by atoms with Crippen LogP contribution in [0.5, 0.6) is 23.0 Å². The molecule has 0 aromatic heterocycles. The van der Waals surface area contributed by atoms with Crippen LogP contribution in [0.3, 0.4) is 0 Å². The van der Waals surface area contributed by atoms with Crippen LogP contribution in [0.4, 0.5) is 0 Å². The summed E-state index contributed by atoms with van der Waals surface area (Å²) in [5.74, 6) is 2.52. The van der Waals surface area contributed by atoms with Gasteiger partial charge < -0.3 is 18.9 Å². The minimum atomic E-state index is 0.111. The van der Waals surface area contributed by atoms with E-state index < -0.39 is 0 Å². The molecule has 0 bridgehead atoms. The Hall–Kier alpha value is -2.95. The zero-order valence-electron chi connectivity index (χ0n) is 15.4. The van der Waals surface area contributed by atoms with Crippen molar-refractivity contribution in [3.63, 3.8) is 0 Å². The van der Waals surface area contributed by atoms with E-state index in [-0.39, 0.29) is 5.78 Å². The molecule has 0 heterocycles. The summed E-state index contributed by atoms with van der Waals surface area (Å²) in [7, 11) is 6.34. The summed E-state index contributed by atoms with van der Waals surface area (Å²) in [6, 6.07) is 9.46. The number of benzene rings is 2. The largest absolute Gasteiger partial charge is 0.497 e. The van der Waals surface area contributed by atoms with Gasteiger partial charge in [-0.3, -0.25) is 4.79 Å². The summed E-state index contributed by atoms with van der Waals surface area (Å²) >= 11 is 0. The van der Waals surface area contributed by atoms with Gasteiger partial charge >= 0.3 is 0 Å². The van der Waals surface area contributed by atoms with Gasteiger partial charge in [0.15, 0.2) is 17.3 Å². The smallest absolute Gasteiger partial charge is 0.203 e. The predicted octanol–water partition coefficient (Wildman–Crippen LogP) is 3.78. The molecular formula is C21H22O5. The number of carbonyl (C=O) groups is 1. The second-order valence-corrected chi connectivity index (χ2v) is 5.93. The van der Waals surface area contributed by atoms with Crippen molar-refractivity contribution in [3.05, 3.63) is 47.0 Å². The van der Waals surface area contributed by atoms with Gasteiger partial charge in [0.1, 0.15) is 5.75 Å². The van der Waals surface area contributed by atoms with Gasteiger partial charge in [0.05, 0.1) is 28.4 Å². The molecule has 1 aliphatic rings.